The highest BCUT2D eigenvalue weighted by Gasteiger charge is 2.27. The number of nitrogens with one attached hydrogen (secondary N) is 2. The molecule has 0 bridgehead atoms. The van der Waals surface area contributed by atoms with E-state index >= 15 is 0 Å². The van der Waals surface area contributed by atoms with Gasteiger partial charge in [-0.15, -0.1) is 11.3 Å². The smallest absolute Gasteiger partial charge is 0.347 e. The second-order valence-electron chi connectivity index (χ2n) is 4.20. The summed E-state index contributed by atoms with van der Waals surface area (Å²) in [6.07, 6.45) is 0.847. The standard InChI is InChI=1S/C11H13N3O4S/c1-5-9(11(17)18)19-8(13-5)4-12-10(16)6-2-3-7(15)14-6/h6H,2-4H2,1H3,(H,12,16)(H,14,15)(H,17,18)/t6-/m0/s1. The van der Waals surface area contributed by atoms with Gasteiger partial charge in [0.15, 0.2) is 0 Å². The molecular weight excluding hydrogens is 270 g/mol. The molecule has 2 heterocycles. The van der Waals surface area contributed by atoms with Gasteiger partial charge in [0.05, 0.1) is 12.2 Å². The van der Waals surface area contributed by atoms with Crippen molar-refractivity contribution < 1.29 is 19.5 Å². The van der Waals surface area contributed by atoms with Crippen molar-refractivity contribution in [3.05, 3.63) is 15.6 Å². The van der Waals surface area contributed by atoms with E-state index in [-0.39, 0.29) is 23.2 Å². The van der Waals surface area contributed by atoms with E-state index in [1.807, 2.05) is 0 Å². The first-order valence-corrected chi connectivity index (χ1v) is 6.55. The monoisotopic (exact) mass is 283 g/mol. The zero-order valence-electron chi connectivity index (χ0n) is 10.2. The second-order valence-corrected chi connectivity index (χ2v) is 5.29. The fraction of sp³-hybridized carbons (Fsp3) is 0.455. The Morgan fingerprint density at radius 2 is 2.32 bits per heavy atom. The van der Waals surface area contributed by atoms with Gasteiger partial charge in [-0.1, -0.05) is 0 Å². The summed E-state index contributed by atoms with van der Waals surface area (Å²) < 4.78 is 0. The molecule has 0 saturated carbocycles. The van der Waals surface area contributed by atoms with Crippen LogP contribution >= 0.6 is 11.3 Å². The number of thiazole rings is 1. The van der Waals surface area contributed by atoms with Gasteiger partial charge in [0, 0.05) is 6.42 Å². The molecule has 2 amide bonds. The fourth-order valence-electron chi connectivity index (χ4n) is 1.82. The van der Waals surface area contributed by atoms with Crippen LogP contribution in [0.1, 0.15) is 33.2 Å². The van der Waals surface area contributed by atoms with E-state index in [2.05, 4.69) is 15.6 Å². The van der Waals surface area contributed by atoms with Crippen LogP contribution in [-0.2, 0) is 16.1 Å². The van der Waals surface area contributed by atoms with Crippen molar-refractivity contribution in [2.24, 2.45) is 0 Å². The van der Waals surface area contributed by atoms with Crippen LogP contribution in [0.15, 0.2) is 0 Å². The van der Waals surface area contributed by atoms with Crippen molar-refractivity contribution >= 4 is 29.1 Å². The molecule has 2 rings (SSSR count). The average Bonchev–Trinajstić information content (AvgIpc) is 2.92. The molecule has 1 aliphatic heterocycles. The van der Waals surface area contributed by atoms with E-state index in [1.165, 1.54) is 0 Å². The van der Waals surface area contributed by atoms with Gasteiger partial charge in [-0.25, -0.2) is 9.78 Å². The number of amides is 2. The normalized spacial score (nSPS) is 18.2. The van der Waals surface area contributed by atoms with Crippen LogP contribution in [0.4, 0.5) is 0 Å². The molecule has 1 aromatic heterocycles. The Morgan fingerprint density at radius 3 is 2.84 bits per heavy atom. The highest BCUT2D eigenvalue weighted by Crippen LogP contribution is 2.17. The number of carboxylic acids is 1. The number of carbonyl (C=O) groups is 3. The Bertz CT molecular complexity index is 540. The zero-order valence-corrected chi connectivity index (χ0v) is 11.0. The molecule has 19 heavy (non-hydrogen) atoms. The van der Waals surface area contributed by atoms with Crippen molar-refractivity contribution in [3.8, 4) is 0 Å². The van der Waals surface area contributed by atoms with Gasteiger partial charge >= 0.3 is 5.97 Å². The molecule has 0 unspecified atom stereocenters. The molecule has 0 aromatic carbocycles. The number of carbonyl (C=O) groups excluding carboxylic acids is 2. The number of nitrogens with zero attached hydrogens (tertiary/aromatic N) is 1. The van der Waals surface area contributed by atoms with Crippen molar-refractivity contribution in [1.29, 1.82) is 0 Å². The van der Waals surface area contributed by atoms with Gasteiger partial charge in [-0.3, -0.25) is 9.59 Å². The summed E-state index contributed by atoms with van der Waals surface area (Å²) in [6, 6.07) is -0.493. The Balaban J connectivity index is 1.92. The van der Waals surface area contributed by atoms with Crippen LogP contribution < -0.4 is 10.6 Å². The number of hydrogen-bond donors (Lipinski definition) is 3. The molecule has 8 heteroatoms. The minimum atomic E-state index is -1.02. The summed E-state index contributed by atoms with van der Waals surface area (Å²) >= 11 is 1.04. The average molecular weight is 283 g/mol. The van der Waals surface area contributed by atoms with Gasteiger partial charge < -0.3 is 15.7 Å². The predicted molar refractivity (Wildman–Crippen MR) is 66.8 cm³/mol. The quantitative estimate of drug-likeness (QED) is 0.723. The molecule has 1 aliphatic rings. The summed E-state index contributed by atoms with van der Waals surface area (Å²) in [7, 11) is 0. The maximum atomic E-state index is 11.7. The van der Waals surface area contributed by atoms with Gasteiger partial charge in [-0.05, 0) is 13.3 Å². The number of hydrogen-bond acceptors (Lipinski definition) is 5. The van der Waals surface area contributed by atoms with Crippen LogP contribution in [0.25, 0.3) is 0 Å². The molecule has 7 nitrogen and oxygen atoms in total. The molecule has 1 saturated heterocycles. The first kappa shape index (κ1) is 13.5. The van der Waals surface area contributed by atoms with Gasteiger partial charge in [0.25, 0.3) is 0 Å². The molecule has 3 N–H and O–H groups in total. The highest BCUT2D eigenvalue weighted by molar-refractivity contribution is 7.13. The third-order valence-electron chi connectivity index (χ3n) is 2.76. The molecule has 1 fully saturated rings. The molecule has 0 spiro atoms. The van der Waals surface area contributed by atoms with Crippen molar-refractivity contribution in [1.82, 2.24) is 15.6 Å². The number of aryl methyl sites for hydroxylation is 1. The molecule has 102 valence electrons. The summed E-state index contributed by atoms with van der Waals surface area (Å²) in [5.41, 5.74) is 0.441. The zero-order chi connectivity index (χ0) is 14.0. The van der Waals surface area contributed by atoms with Gasteiger partial charge in [-0.2, -0.15) is 0 Å². The van der Waals surface area contributed by atoms with Crippen molar-refractivity contribution in [2.45, 2.75) is 32.4 Å². The molecule has 1 aromatic rings. The molecular formula is C11H13N3O4S. The Labute approximate surface area is 113 Å². The fourth-order valence-corrected chi connectivity index (χ4v) is 2.67. The number of aromatic nitrogens is 1. The molecule has 0 radical (unpaired) electrons. The Hall–Kier alpha value is -1.96. The van der Waals surface area contributed by atoms with E-state index in [0.717, 1.165) is 11.3 Å². The lowest BCUT2D eigenvalue weighted by molar-refractivity contribution is -0.125. The van der Waals surface area contributed by atoms with E-state index in [0.29, 0.717) is 23.5 Å². The minimum Gasteiger partial charge on any atom is -0.477 e. The summed E-state index contributed by atoms with van der Waals surface area (Å²) in [4.78, 5) is 37.8. The first-order chi connectivity index (χ1) is 8.97. The maximum absolute atomic E-state index is 11.7. The Kier molecular flexibility index (Phi) is 3.79. The predicted octanol–water partition coefficient (Wildman–Crippen LogP) is 0.0445. The van der Waals surface area contributed by atoms with Crippen LogP contribution in [0.3, 0.4) is 0 Å². The van der Waals surface area contributed by atoms with Gasteiger partial charge in [0.1, 0.15) is 15.9 Å². The largest absolute Gasteiger partial charge is 0.477 e. The van der Waals surface area contributed by atoms with E-state index in [9.17, 15) is 14.4 Å². The lowest BCUT2D eigenvalue weighted by atomic mass is 10.2. The van der Waals surface area contributed by atoms with E-state index in [1.54, 1.807) is 6.92 Å². The van der Waals surface area contributed by atoms with Crippen LogP contribution in [0.2, 0.25) is 0 Å². The summed E-state index contributed by atoms with van der Waals surface area (Å²) in [6.45, 7) is 1.78. The third-order valence-corrected chi connectivity index (χ3v) is 3.91. The second kappa shape index (κ2) is 5.35. The first-order valence-electron chi connectivity index (χ1n) is 5.74. The number of rotatable bonds is 4. The van der Waals surface area contributed by atoms with E-state index in [4.69, 9.17) is 5.11 Å². The van der Waals surface area contributed by atoms with Crippen LogP contribution in [0.5, 0.6) is 0 Å². The summed E-state index contributed by atoms with van der Waals surface area (Å²) in [5, 5.41) is 14.6. The Morgan fingerprint density at radius 1 is 1.58 bits per heavy atom. The lowest BCUT2D eigenvalue weighted by Gasteiger charge is -2.09. The van der Waals surface area contributed by atoms with E-state index < -0.39 is 12.0 Å². The highest BCUT2D eigenvalue weighted by atomic mass is 32.1. The van der Waals surface area contributed by atoms with Crippen molar-refractivity contribution in [3.63, 3.8) is 0 Å². The lowest BCUT2D eigenvalue weighted by Crippen LogP contribution is -2.41. The van der Waals surface area contributed by atoms with Crippen molar-refractivity contribution in [2.75, 3.05) is 0 Å². The summed E-state index contributed by atoms with van der Waals surface area (Å²) in [5.74, 6) is -1.41. The number of aromatic carboxylic acids is 1. The van der Waals surface area contributed by atoms with Crippen LogP contribution in [-0.4, -0.2) is 33.9 Å². The molecule has 0 aliphatic carbocycles. The minimum absolute atomic E-state index is 0.126. The number of carboxylic acid groups (broad SMARTS) is 1. The molecule has 1 atom stereocenters. The topological polar surface area (TPSA) is 108 Å². The van der Waals surface area contributed by atoms with Crippen LogP contribution in [0, 0.1) is 6.92 Å². The third kappa shape index (κ3) is 3.08. The van der Waals surface area contributed by atoms with Gasteiger partial charge in [0.2, 0.25) is 11.8 Å². The SMILES string of the molecule is Cc1nc(CNC(=O)[C@@H]2CCC(=O)N2)sc1C(=O)O. The maximum Gasteiger partial charge on any atom is 0.347 e.